The fraction of sp³-hybridized carbons (Fsp3) is 0.357. The van der Waals surface area contributed by atoms with Gasteiger partial charge in [0, 0.05) is 16.1 Å². The molecule has 2 aromatic rings. The van der Waals surface area contributed by atoms with E-state index in [1.54, 1.807) is 11.3 Å². The lowest BCUT2D eigenvalue weighted by atomic mass is 10.1. The number of rotatable bonds is 4. The summed E-state index contributed by atoms with van der Waals surface area (Å²) in [4.78, 5) is 12.9. The van der Waals surface area contributed by atoms with Crippen molar-refractivity contribution < 1.29 is 4.79 Å². The first-order valence-corrected chi connectivity index (χ1v) is 7.91. The molecule has 0 fully saturated rings. The number of nitrogens with one attached hydrogen (secondary N) is 1. The minimum Gasteiger partial charge on any atom is -0.349 e. The Bertz CT molecular complexity index is 518. The predicted octanol–water partition coefficient (Wildman–Crippen LogP) is 4.05. The predicted molar refractivity (Wildman–Crippen MR) is 81.7 cm³/mol. The Hall–Kier alpha value is -0.870. The zero-order chi connectivity index (χ0) is 13.1. The smallest absolute Gasteiger partial charge is 0.261 e. The van der Waals surface area contributed by atoms with Crippen molar-refractivity contribution in [1.29, 1.82) is 0 Å². The van der Waals surface area contributed by atoms with Gasteiger partial charge in [0.15, 0.2) is 0 Å². The highest BCUT2D eigenvalue weighted by Gasteiger charge is 2.16. The van der Waals surface area contributed by atoms with E-state index in [0.29, 0.717) is 5.92 Å². The van der Waals surface area contributed by atoms with Crippen molar-refractivity contribution >= 4 is 43.3 Å². The topological polar surface area (TPSA) is 29.1 Å². The third-order valence-corrected chi connectivity index (χ3v) is 5.24. The van der Waals surface area contributed by atoms with E-state index in [1.165, 1.54) is 0 Å². The quantitative estimate of drug-likeness (QED) is 0.844. The van der Waals surface area contributed by atoms with Crippen molar-refractivity contribution in [1.82, 2.24) is 5.32 Å². The lowest BCUT2D eigenvalue weighted by Crippen LogP contribution is -2.37. The number of hydrogen-bond donors (Lipinski definition) is 1. The normalized spacial score (nSPS) is 14.4. The van der Waals surface area contributed by atoms with Gasteiger partial charge in [-0.1, -0.05) is 41.1 Å². The van der Waals surface area contributed by atoms with Gasteiger partial charge in [0.2, 0.25) is 0 Å². The average molecular weight is 326 g/mol. The molecular weight excluding hydrogens is 310 g/mol. The number of fused-ring (bicyclic) bond motifs is 1. The first kappa shape index (κ1) is 13.6. The largest absolute Gasteiger partial charge is 0.349 e. The lowest BCUT2D eigenvalue weighted by molar-refractivity contribution is 0.0935. The fourth-order valence-corrected chi connectivity index (χ4v) is 3.17. The van der Waals surface area contributed by atoms with Crippen LogP contribution in [0.3, 0.4) is 0 Å². The summed E-state index contributed by atoms with van der Waals surface area (Å²) in [5, 5.41) is 5.07. The summed E-state index contributed by atoms with van der Waals surface area (Å²) in [7, 11) is 0. The molecule has 2 nitrogen and oxygen atoms in total. The van der Waals surface area contributed by atoms with Gasteiger partial charge < -0.3 is 5.32 Å². The maximum atomic E-state index is 12.1. The van der Waals surface area contributed by atoms with E-state index < -0.39 is 0 Å². The summed E-state index contributed by atoms with van der Waals surface area (Å²) < 4.78 is 1.16. The SMILES string of the molecule is CC(CBr)C(C)NC(=O)c1cc2ccccc2s1. The maximum absolute atomic E-state index is 12.1. The molecule has 0 radical (unpaired) electrons. The number of carbonyl (C=O) groups excluding carboxylic acids is 1. The van der Waals surface area contributed by atoms with Crippen LogP contribution in [0.2, 0.25) is 0 Å². The third kappa shape index (κ3) is 2.93. The van der Waals surface area contributed by atoms with Crippen LogP contribution in [0.1, 0.15) is 23.5 Å². The highest BCUT2D eigenvalue weighted by molar-refractivity contribution is 9.09. The zero-order valence-electron chi connectivity index (χ0n) is 10.4. The molecule has 1 aromatic carbocycles. The number of thiophene rings is 1. The Morgan fingerprint density at radius 3 is 2.78 bits per heavy atom. The van der Waals surface area contributed by atoms with E-state index in [9.17, 15) is 4.79 Å². The van der Waals surface area contributed by atoms with Crippen LogP contribution < -0.4 is 5.32 Å². The number of carbonyl (C=O) groups is 1. The van der Waals surface area contributed by atoms with Crippen LogP contribution in [0, 0.1) is 5.92 Å². The summed E-state index contributed by atoms with van der Waals surface area (Å²) in [6.45, 7) is 4.15. The molecule has 0 spiro atoms. The molecule has 0 aliphatic heterocycles. The van der Waals surface area contributed by atoms with E-state index in [0.717, 1.165) is 20.3 Å². The highest BCUT2D eigenvalue weighted by atomic mass is 79.9. The van der Waals surface area contributed by atoms with Crippen molar-refractivity contribution in [2.75, 3.05) is 5.33 Å². The van der Waals surface area contributed by atoms with Gasteiger partial charge in [0.05, 0.1) is 4.88 Å². The van der Waals surface area contributed by atoms with Crippen molar-refractivity contribution in [2.45, 2.75) is 19.9 Å². The Morgan fingerprint density at radius 1 is 1.39 bits per heavy atom. The van der Waals surface area contributed by atoms with Crippen molar-refractivity contribution in [3.8, 4) is 0 Å². The van der Waals surface area contributed by atoms with Gasteiger partial charge in [-0.3, -0.25) is 4.79 Å². The summed E-state index contributed by atoms with van der Waals surface area (Å²) >= 11 is 4.98. The Morgan fingerprint density at radius 2 is 2.11 bits per heavy atom. The van der Waals surface area contributed by atoms with Gasteiger partial charge in [-0.25, -0.2) is 0 Å². The molecule has 0 aliphatic carbocycles. The molecule has 1 aromatic heterocycles. The molecule has 2 atom stereocenters. The Kier molecular flexibility index (Phi) is 4.40. The maximum Gasteiger partial charge on any atom is 0.261 e. The van der Waals surface area contributed by atoms with Gasteiger partial charge in [-0.05, 0) is 30.4 Å². The Balaban J connectivity index is 2.13. The standard InChI is InChI=1S/C14H16BrNOS/c1-9(8-15)10(2)16-14(17)13-7-11-5-3-4-6-12(11)18-13/h3-7,9-10H,8H2,1-2H3,(H,16,17). The molecule has 2 unspecified atom stereocenters. The van der Waals surface area contributed by atoms with Crippen LogP contribution in [0.15, 0.2) is 30.3 Å². The van der Waals surface area contributed by atoms with Crippen molar-refractivity contribution in [3.63, 3.8) is 0 Å². The first-order valence-electron chi connectivity index (χ1n) is 5.97. The second-order valence-electron chi connectivity index (χ2n) is 4.54. The summed E-state index contributed by atoms with van der Waals surface area (Å²) in [6.07, 6.45) is 0. The van der Waals surface area contributed by atoms with Gasteiger partial charge in [0.25, 0.3) is 5.91 Å². The van der Waals surface area contributed by atoms with E-state index in [1.807, 2.05) is 37.3 Å². The molecule has 2 rings (SSSR count). The van der Waals surface area contributed by atoms with E-state index in [2.05, 4.69) is 28.2 Å². The molecule has 0 bridgehead atoms. The van der Waals surface area contributed by atoms with E-state index in [4.69, 9.17) is 0 Å². The van der Waals surface area contributed by atoms with Crippen molar-refractivity contribution in [3.05, 3.63) is 35.2 Å². The molecule has 96 valence electrons. The summed E-state index contributed by atoms with van der Waals surface area (Å²) in [5.41, 5.74) is 0. The number of alkyl halides is 1. The molecule has 1 amide bonds. The minimum absolute atomic E-state index is 0.0245. The van der Waals surface area contributed by atoms with Crippen LogP contribution in [-0.4, -0.2) is 17.3 Å². The second-order valence-corrected chi connectivity index (χ2v) is 6.27. The Labute approximate surface area is 120 Å². The lowest BCUT2D eigenvalue weighted by Gasteiger charge is -2.18. The fourth-order valence-electron chi connectivity index (χ4n) is 1.65. The summed E-state index contributed by atoms with van der Waals surface area (Å²) in [6, 6.07) is 10.2. The van der Waals surface area contributed by atoms with Crippen LogP contribution in [0.4, 0.5) is 0 Å². The van der Waals surface area contributed by atoms with Gasteiger partial charge >= 0.3 is 0 Å². The monoisotopic (exact) mass is 325 g/mol. The van der Waals surface area contributed by atoms with Crippen LogP contribution in [0.5, 0.6) is 0 Å². The van der Waals surface area contributed by atoms with Crippen molar-refractivity contribution in [2.24, 2.45) is 5.92 Å². The molecule has 1 heterocycles. The van der Waals surface area contributed by atoms with Crippen LogP contribution >= 0.6 is 27.3 Å². The highest BCUT2D eigenvalue weighted by Crippen LogP contribution is 2.25. The molecule has 1 N–H and O–H groups in total. The third-order valence-electron chi connectivity index (χ3n) is 3.11. The zero-order valence-corrected chi connectivity index (χ0v) is 12.8. The molecule has 4 heteroatoms. The van der Waals surface area contributed by atoms with E-state index >= 15 is 0 Å². The first-order chi connectivity index (χ1) is 8.61. The van der Waals surface area contributed by atoms with E-state index in [-0.39, 0.29) is 11.9 Å². The van der Waals surface area contributed by atoms with Crippen LogP contribution in [-0.2, 0) is 0 Å². The number of halogens is 1. The second kappa shape index (κ2) is 5.85. The molecule has 0 aliphatic rings. The molecule has 0 saturated carbocycles. The van der Waals surface area contributed by atoms with Gasteiger partial charge in [-0.15, -0.1) is 11.3 Å². The van der Waals surface area contributed by atoms with Gasteiger partial charge in [-0.2, -0.15) is 0 Å². The number of benzene rings is 1. The minimum atomic E-state index is 0.0245. The van der Waals surface area contributed by atoms with Gasteiger partial charge in [0.1, 0.15) is 0 Å². The summed E-state index contributed by atoms with van der Waals surface area (Å²) in [5.74, 6) is 0.444. The number of hydrogen-bond acceptors (Lipinski definition) is 2. The molecular formula is C14H16BrNOS. The number of amides is 1. The van der Waals surface area contributed by atoms with Crippen LogP contribution in [0.25, 0.3) is 10.1 Å². The average Bonchev–Trinajstić information content (AvgIpc) is 2.81. The molecule has 0 saturated heterocycles. The molecule has 18 heavy (non-hydrogen) atoms.